The number of quaternary nitrogens is 1. The minimum absolute atomic E-state index is 0.570. The summed E-state index contributed by atoms with van der Waals surface area (Å²) in [5.74, 6) is 0.570. The van der Waals surface area contributed by atoms with Crippen LogP contribution in [0.2, 0.25) is 0 Å². The summed E-state index contributed by atoms with van der Waals surface area (Å²) in [6.07, 6.45) is 0. The molecule has 2 N–H and O–H groups in total. The molecule has 0 saturated carbocycles. The van der Waals surface area contributed by atoms with Crippen molar-refractivity contribution in [2.24, 2.45) is 0 Å². The first-order valence-electron chi connectivity index (χ1n) is 7.59. The average Bonchev–Trinajstić information content (AvgIpc) is 2.48. The topological polar surface area (TPSA) is 19.7 Å². The van der Waals surface area contributed by atoms with E-state index in [4.69, 9.17) is 12.2 Å². The van der Waals surface area contributed by atoms with Gasteiger partial charge in [-0.05, 0) is 42.8 Å². The minimum atomic E-state index is 0.570. The summed E-state index contributed by atoms with van der Waals surface area (Å²) in [7, 11) is 0. The Morgan fingerprint density at radius 1 is 1.25 bits per heavy atom. The van der Waals surface area contributed by atoms with E-state index in [2.05, 4.69) is 55.3 Å². The second-order valence-corrected chi connectivity index (χ2v) is 6.18. The van der Waals surface area contributed by atoms with Gasteiger partial charge in [0.15, 0.2) is 5.11 Å². The molecular formula is C16H26N3S+. The lowest BCUT2D eigenvalue weighted by Crippen LogP contribution is -3.14. The standard InChI is InChI=1S/C16H25N3S/c1-4-18-9-11-19(12-10-18)16(20)17-15-7-5-14(6-8-15)13(2)3/h5-8,13H,4,9-12H2,1-3H3,(H,17,20)/p+1. The first kappa shape index (κ1) is 15.3. The van der Waals surface area contributed by atoms with Crippen molar-refractivity contribution in [1.29, 1.82) is 0 Å². The van der Waals surface area contributed by atoms with E-state index in [9.17, 15) is 0 Å². The number of hydrogen-bond acceptors (Lipinski definition) is 1. The predicted molar refractivity (Wildman–Crippen MR) is 89.6 cm³/mol. The van der Waals surface area contributed by atoms with E-state index in [1.807, 2.05) is 0 Å². The molecule has 20 heavy (non-hydrogen) atoms. The highest BCUT2D eigenvalue weighted by atomic mass is 32.1. The minimum Gasteiger partial charge on any atom is -0.338 e. The molecule has 1 aromatic carbocycles. The molecule has 0 spiro atoms. The van der Waals surface area contributed by atoms with Gasteiger partial charge in [-0.25, -0.2) is 0 Å². The third-order valence-corrected chi connectivity index (χ3v) is 4.45. The molecule has 1 heterocycles. The van der Waals surface area contributed by atoms with Crippen molar-refractivity contribution in [2.75, 3.05) is 38.0 Å². The molecule has 4 heteroatoms. The van der Waals surface area contributed by atoms with Gasteiger partial charge < -0.3 is 15.1 Å². The van der Waals surface area contributed by atoms with E-state index in [1.54, 1.807) is 4.90 Å². The molecular weight excluding hydrogens is 266 g/mol. The summed E-state index contributed by atoms with van der Waals surface area (Å²) in [4.78, 5) is 3.95. The first-order valence-corrected chi connectivity index (χ1v) is 8.00. The van der Waals surface area contributed by atoms with E-state index in [1.165, 1.54) is 25.2 Å². The zero-order chi connectivity index (χ0) is 14.5. The van der Waals surface area contributed by atoms with Gasteiger partial charge in [0, 0.05) is 5.69 Å². The Balaban J connectivity index is 1.88. The fraction of sp³-hybridized carbons (Fsp3) is 0.562. The average molecular weight is 292 g/mol. The molecule has 0 aliphatic carbocycles. The van der Waals surface area contributed by atoms with Crippen LogP contribution >= 0.6 is 12.2 Å². The van der Waals surface area contributed by atoms with Gasteiger partial charge in [0.25, 0.3) is 0 Å². The lowest BCUT2D eigenvalue weighted by molar-refractivity contribution is -0.902. The molecule has 0 amide bonds. The first-order chi connectivity index (χ1) is 9.60. The number of nitrogens with one attached hydrogen (secondary N) is 2. The van der Waals surface area contributed by atoms with Crippen molar-refractivity contribution in [3.05, 3.63) is 29.8 Å². The highest BCUT2D eigenvalue weighted by molar-refractivity contribution is 7.80. The second kappa shape index (κ2) is 7.04. The number of likely N-dealkylation sites (N-methyl/N-ethyl adjacent to an activating group) is 1. The van der Waals surface area contributed by atoms with Crippen LogP contribution in [0.4, 0.5) is 5.69 Å². The van der Waals surface area contributed by atoms with E-state index in [-0.39, 0.29) is 0 Å². The largest absolute Gasteiger partial charge is 0.338 e. The number of thiocarbonyl (C=S) groups is 1. The second-order valence-electron chi connectivity index (χ2n) is 5.80. The Morgan fingerprint density at radius 2 is 1.85 bits per heavy atom. The molecule has 1 aliphatic rings. The number of piperazine rings is 1. The number of anilines is 1. The molecule has 1 aromatic rings. The van der Waals surface area contributed by atoms with Crippen molar-refractivity contribution in [3.63, 3.8) is 0 Å². The van der Waals surface area contributed by atoms with Gasteiger partial charge in [-0.15, -0.1) is 0 Å². The maximum Gasteiger partial charge on any atom is 0.173 e. The molecule has 0 bridgehead atoms. The van der Waals surface area contributed by atoms with Crippen molar-refractivity contribution in [3.8, 4) is 0 Å². The Labute approximate surface area is 128 Å². The number of nitrogens with zero attached hydrogens (tertiary/aromatic N) is 1. The zero-order valence-corrected chi connectivity index (χ0v) is 13.6. The van der Waals surface area contributed by atoms with Crippen LogP contribution in [0.5, 0.6) is 0 Å². The van der Waals surface area contributed by atoms with E-state index in [0.717, 1.165) is 23.9 Å². The smallest absolute Gasteiger partial charge is 0.173 e. The molecule has 1 fully saturated rings. The van der Waals surface area contributed by atoms with Crippen LogP contribution in [0.15, 0.2) is 24.3 Å². The highest BCUT2D eigenvalue weighted by Gasteiger charge is 2.20. The van der Waals surface area contributed by atoms with Crippen LogP contribution in [0.3, 0.4) is 0 Å². The zero-order valence-electron chi connectivity index (χ0n) is 12.8. The van der Waals surface area contributed by atoms with Gasteiger partial charge in [-0.1, -0.05) is 26.0 Å². The van der Waals surface area contributed by atoms with Gasteiger partial charge >= 0.3 is 0 Å². The summed E-state index contributed by atoms with van der Waals surface area (Å²) in [5.41, 5.74) is 2.45. The van der Waals surface area contributed by atoms with E-state index in [0.29, 0.717) is 5.92 Å². The summed E-state index contributed by atoms with van der Waals surface area (Å²) >= 11 is 5.52. The maximum atomic E-state index is 5.52. The van der Waals surface area contributed by atoms with Crippen LogP contribution < -0.4 is 10.2 Å². The molecule has 0 unspecified atom stereocenters. The predicted octanol–water partition coefficient (Wildman–Crippen LogP) is 1.73. The molecule has 3 nitrogen and oxygen atoms in total. The quantitative estimate of drug-likeness (QED) is 0.828. The molecule has 110 valence electrons. The van der Waals surface area contributed by atoms with Gasteiger partial charge in [0.2, 0.25) is 0 Å². The Morgan fingerprint density at radius 3 is 2.35 bits per heavy atom. The number of benzene rings is 1. The van der Waals surface area contributed by atoms with E-state index >= 15 is 0 Å². The van der Waals surface area contributed by atoms with Crippen molar-refractivity contribution in [2.45, 2.75) is 26.7 Å². The Bertz CT molecular complexity index is 434. The van der Waals surface area contributed by atoms with Crippen molar-refractivity contribution in [1.82, 2.24) is 4.90 Å². The molecule has 1 aliphatic heterocycles. The lowest BCUT2D eigenvalue weighted by atomic mass is 10.0. The van der Waals surface area contributed by atoms with Crippen LogP contribution in [-0.2, 0) is 0 Å². The summed E-state index contributed by atoms with van der Waals surface area (Å²) in [6.45, 7) is 12.4. The Hall–Kier alpha value is -1.13. The van der Waals surface area contributed by atoms with Crippen LogP contribution in [0.25, 0.3) is 0 Å². The van der Waals surface area contributed by atoms with Crippen molar-refractivity contribution >= 4 is 23.0 Å². The normalized spacial score (nSPS) is 16.5. The third kappa shape index (κ3) is 3.93. The molecule has 0 atom stereocenters. The van der Waals surface area contributed by atoms with Crippen LogP contribution in [0.1, 0.15) is 32.3 Å². The Kier molecular flexibility index (Phi) is 5.38. The van der Waals surface area contributed by atoms with E-state index < -0.39 is 0 Å². The van der Waals surface area contributed by atoms with Crippen LogP contribution in [0, 0.1) is 0 Å². The monoisotopic (exact) mass is 292 g/mol. The summed E-state index contributed by atoms with van der Waals surface area (Å²) in [5, 5.41) is 4.22. The third-order valence-electron chi connectivity index (χ3n) is 4.09. The molecule has 0 aromatic heterocycles. The van der Waals surface area contributed by atoms with Gasteiger partial charge in [0.1, 0.15) is 0 Å². The summed E-state index contributed by atoms with van der Waals surface area (Å²) < 4.78 is 0. The van der Waals surface area contributed by atoms with Crippen LogP contribution in [-0.4, -0.2) is 42.7 Å². The summed E-state index contributed by atoms with van der Waals surface area (Å²) in [6, 6.07) is 8.59. The molecule has 1 saturated heterocycles. The fourth-order valence-corrected chi connectivity index (χ4v) is 2.83. The van der Waals surface area contributed by atoms with Gasteiger partial charge in [-0.2, -0.15) is 0 Å². The fourth-order valence-electron chi connectivity index (χ4n) is 2.53. The SMILES string of the molecule is CC[NH+]1CCN(C(=S)Nc2ccc(C(C)C)cc2)CC1. The molecule has 0 radical (unpaired) electrons. The molecule has 2 rings (SSSR count). The van der Waals surface area contributed by atoms with Gasteiger partial charge in [0.05, 0.1) is 32.7 Å². The lowest BCUT2D eigenvalue weighted by Gasteiger charge is -2.33. The highest BCUT2D eigenvalue weighted by Crippen LogP contribution is 2.17. The number of rotatable bonds is 3. The van der Waals surface area contributed by atoms with Gasteiger partial charge in [-0.3, -0.25) is 0 Å². The number of hydrogen-bond donors (Lipinski definition) is 2. The maximum absolute atomic E-state index is 5.52. The van der Waals surface area contributed by atoms with Crippen molar-refractivity contribution < 1.29 is 4.90 Å².